The highest BCUT2D eigenvalue weighted by molar-refractivity contribution is 5.95. The molecule has 126 valence electrons. The Hall–Kier alpha value is -2.44. The van der Waals surface area contributed by atoms with Gasteiger partial charge in [-0.1, -0.05) is 0 Å². The number of likely N-dealkylation sites (tertiary alicyclic amines) is 1. The van der Waals surface area contributed by atoms with Crippen molar-refractivity contribution in [1.82, 2.24) is 10.2 Å². The summed E-state index contributed by atoms with van der Waals surface area (Å²) in [6, 6.07) is 3.27. The first-order valence-corrected chi connectivity index (χ1v) is 7.43. The minimum Gasteiger partial charge on any atom is -0.493 e. The molecule has 7 nitrogen and oxygen atoms in total. The number of hydrogen-bond donors (Lipinski definition) is 1. The number of benzene rings is 1. The van der Waals surface area contributed by atoms with Crippen molar-refractivity contribution in [2.24, 2.45) is 0 Å². The van der Waals surface area contributed by atoms with Crippen LogP contribution in [0.4, 0.5) is 0 Å². The summed E-state index contributed by atoms with van der Waals surface area (Å²) >= 11 is 0. The van der Waals surface area contributed by atoms with Gasteiger partial charge in [0.25, 0.3) is 5.91 Å². The predicted molar refractivity (Wildman–Crippen MR) is 84.2 cm³/mol. The van der Waals surface area contributed by atoms with Crippen molar-refractivity contribution < 1.29 is 23.8 Å². The van der Waals surface area contributed by atoms with Crippen LogP contribution in [0.15, 0.2) is 12.1 Å². The lowest BCUT2D eigenvalue weighted by Gasteiger charge is -2.32. The molecule has 1 unspecified atom stereocenters. The molecule has 23 heavy (non-hydrogen) atoms. The van der Waals surface area contributed by atoms with E-state index in [1.807, 2.05) is 0 Å². The van der Waals surface area contributed by atoms with Crippen LogP contribution in [0.5, 0.6) is 17.2 Å². The standard InChI is InChI=1S/C16H22N2O5/c1-21-13-7-11(8-14(22-2)15(13)23-3)16(20)18-6-4-5-12(9-18)17-10-19/h7-8,10,12H,4-6,9H2,1-3H3,(H,17,19). The molecule has 1 heterocycles. The van der Waals surface area contributed by atoms with Crippen molar-refractivity contribution in [3.63, 3.8) is 0 Å². The van der Waals surface area contributed by atoms with Crippen molar-refractivity contribution >= 4 is 12.3 Å². The number of ether oxygens (including phenoxy) is 3. The molecule has 2 rings (SSSR count). The average Bonchev–Trinajstić information content (AvgIpc) is 2.60. The van der Waals surface area contributed by atoms with E-state index in [-0.39, 0.29) is 11.9 Å². The fraction of sp³-hybridized carbons (Fsp3) is 0.500. The van der Waals surface area contributed by atoms with Crippen LogP contribution >= 0.6 is 0 Å². The van der Waals surface area contributed by atoms with Gasteiger partial charge in [-0.3, -0.25) is 9.59 Å². The number of carbonyl (C=O) groups excluding carboxylic acids is 2. The molecule has 0 saturated carbocycles. The maximum Gasteiger partial charge on any atom is 0.254 e. The third-order valence-corrected chi connectivity index (χ3v) is 3.92. The quantitative estimate of drug-likeness (QED) is 0.793. The van der Waals surface area contributed by atoms with Crippen molar-refractivity contribution in [3.05, 3.63) is 17.7 Å². The maximum absolute atomic E-state index is 12.7. The molecule has 0 aliphatic carbocycles. The second-order valence-electron chi connectivity index (χ2n) is 5.29. The minimum absolute atomic E-state index is 0.00719. The first kappa shape index (κ1) is 16.9. The number of piperidine rings is 1. The van der Waals surface area contributed by atoms with Crippen LogP contribution in [0.2, 0.25) is 0 Å². The highest BCUT2D eigenvalue weighted by atomic mass is 16.5. The second-order valence-corrected chi connectivity index (χ2v) is 5.29. The molecule has 0 aromatic heterocycles. The molecule has 0 bridgehead atoms. The summed E-state index contributed by atoms with van der Waals surface area (Å²) in [5.74, 6) is 1.21. The molecule has 1 fully saturated rings. The van der Waals surface area contributed by atoms with Gasteiger partial charge in [0.15, 0.2) is 11.5 Å². The number of nitrogens with one attached hydrogen (secondary N) is 1. The summed E-state index contributed by atoms with van der Waals surface area (Å²) in [5.41, 5.74) is 0.464. The van der Waals surface area contributed by atoms with Crippen molar-refractivity contribution in [1.29, 1.82) is 0 Å². The molecule has 1 saturated heterocycles. The molecule has 1 aromatic carbocycles. The van der Waals surface area contributed by atoms with Gasteiger partial charge in [-0.05, 0) is 25.0 Å². The number of amides is 2. The molecule has 1 aliphatic rings. The molecule has 7 heteroatoms. The molecule has 1 N–H and O–H groups in total. The number of nitrogens with zero attached hydrogens (tertiary/aromatic N) is 1. The number of hydrogen-bond acceptors (Lipinski definition) is 5. The normalized spacial score (nSPS) is 17.3. The van der Waals surface area contributed by atoms with Gasteiger partial charge in [0, 0.05) is 24.7 Å². The molecule has 2 amide bonds. The first-order chi connectivity index (χ1) is 11.1. The summed E-state index contributed by atoms with van der Waals surface area (Å²) in [5, 5.41) is 2.74. The zero-order chi connectivity index (χ0) is 16.8. The summed E-state index contributed by atoms with van der Waals surface area (Å²) in [4.78, 5) is 25.1. The Balaban J connectivity index is 2.26. The lowest BCUT2D eigenvalue weighted by atomic mass is 10.0. The molecule has 0 radical (unpaired) electrons. The van der Waals surface area contributed by atoms with Crippen molar-refractivity contribution in [2.75, 3.05) is 34.4 Å². The van der Waals surface area contributed by atoms with E-state index < -0.39 is 0 Å². The van der Waals surface area contributed by atoms with Crippen LogP contribution in [0.25, 0.3) is 0 Å². The minimum atomic E-state index is -0.123. The van der Waals surface area contributed by atoms with E-state index in [0.717, 1.165) is 12.8 Å². The number of rotatable bonds is 6. The Morgan fingerprint density at radius 1 is 1.22 bits per heavy atom. The second kappa shape index (κ2) is 7.71. The van der Waals surface area contributed by atoms with Crippen LogP contribution in [0, 0.1) is 0 Å². The van der Waals surface area contributed by atoms with Crippen LogP contribution in [-0.4, -0.2) is 57.7 Å². The van der Waals surface area contributed by atoms with E-state index in [9.17, 15) is 9.59 Å². The Labute approximate surface area is 135 Å². The Kier molecular flexibility index (Phi) is 5.67. The fourth-order valence-electron chi connectivity index (χ4n) is 2.78. The molecule has 1 aliphatic heterocycles. The van der Waals surface area contributed by atoms with Crippen molar-refractivity contribution in [2.45, 2.75) is 18.9 Å². The zero-order valence-electron chi connectivity index (χ0n) is 13.6. The molecular weight excluding hydrogens is 300 g/mol. The van der Waals surface area contributed by atoms with E-state index >= 15 is 0 Å². The topological polar surface area (TPSA) is 77.1 Å². The molecule has 1 atom stereocenters. The molecular formula is C16H22N2O5. The van der Waals surface area contributed by atoms with Crippen LogP contribution in [-0.2, 0) is 4.79 Å². The van der Waals surface area contributed by atoms with Gasteiger partial charge in [-0.15, -0.1) is 0 Å². The number of methoxy groups -OCH3 is 3. The van der Waals surface area contributed by atoms with Crippen molar-refractivity contribution in [3.8, 4) is 17.2 Å². The number of carbonyl (C=O) groups is 2. The SMILES string of the molecule is COc1cc(C(=O)N2CCCC(NC=O)C2)cc(OC)c1OC. The smallest absolute Gasteiger partial charge is 0.254 e. The zero-order valence-corrected chi connectivity index (χ0v) is 13.6. The van der Waals surface area contributed by atoms with Gasteiger partial charge in [-0.25, -0.2) is 0 Å². The average molecular weight is 322 g/mol. The van der Waals surface area contributed by atoms with E-state index in [1.54, 1.807) is 17.0 Å². The first-order valence-electron chi connectivity index (χ1n) is 7.43. The largest absolute Gasteiger partial charge is 0.493 e. The third kappa shape index (κ3) is 3.67. The third-order valence-electron chi connectivity index (χ3n) is 3.92. The highest BCUT2D eigenvalue weighted by Crippen LogP contribution is 2.38. The molecule has 1 aromatic rings. The lowest BCUT2D eigenvalue weighted by molar-refractivity contribution is -0.110. The van der Waals surface area contributed by atoms with E-state index in [4.69, 9.17) is 14.2 Å². The Morgan fingerprint density at radius 3 is 2.39 bits per heavy atom. The van der Waals surface area contributed by atoms with Gasteiger partial charge in [-0.2, -0.15) is 0 Å². The summed E-state index contributed by atoms with van der Waals surface area (Å²) in [6.07, 6.45) is 2.40. The monoisotopic (exact) mass is 322 g/mol. The van der Waals surface area contributed by atoms with Gasteiger partial charge in [0.2, 0.25) is 12.2 Å². The lowest BCUT2D eigenvalue weighted by Crippen LogP contribution is -2.47. The summed E-state index contributed by atoms with van der Waals surface area (Å²) in [6.45, 7) is 1.15. The molecule has 0 spiro atoms. The van der Waals surface area contributed by atoms with Crippen LogP contribution < -0.4 is 19.5 Å². The van der Waals surface area contributed by atoms with Crippen LogP contribution in [0.3, 0.4) is 0 Å². The summed E-state index contributed by atoms with van der Waals surface area (Å²) in [7, 11) is 4.54. The van der Waals surface area contributed by atoms with Gasteiger partial charge >= 0.3 is 0 Å². The predicted octanol–water partition coefficient (Wildman–Crippen LogP) is 1.06. The Morgan fingerprint density at radius 2 is 1.87 bits per heavy atom. The van der Waals surface area contributed by atoms with Gasteiger partial charge < -0.3 is 24.4 Å². The summed E-state index contributed by atoms with van der Waals surface area (Å²) < 4.78 is 15.8. The van der Waals surface area contributed by atoms with Gasteiger partial charge in [0.1, 0.15) is 0 Å². The van der Waals surface area contributed by atoms with E-state index in [1.165, 1.54) is 21.3 Å². The fourth-order valence-corrected chi connectivity index (χ4v) is 2.78. The maximum atomic E-state index is 12.7. The van der Waals surface area contributed by atoms with Gasteiger partial charge in [0.05, 0.1) is 21.3 Å². The van der Waals surface area contributed by atoms with Crippen LogP contribution in [0.1, 0.15) is 23.2 Å². The van der Waals surface area contributed by atoms with E-state index in [2.05, 4.69) is 5.32 Å². The van der Waals surface area contributed by atoms with E-state index in [0.29, 0.717) is 42.3 Å². The highest BCUT2D eigenvalue weighted by Gasteiger charge is 2.26. The Bertz CT molecular complexity index is 551.